The van der Waals surface area contributed by atoms with Crippen LogP contribution < -0.4 is 0 Å². The molecule has 0 unspecified atom stereocenters. The van der Waals surface area contributed by atoms with Gasteiger partial charge in [0, 0.05) is 6.20 Å². The van der Waals surface area contributed by atoms with Crippen LogP contribution in [-0.4, -0.2) is 22.0 Å². The molecule has 4 nitrogen and oxygen atoms in total. The summed E-state index contributed by atoms with van der Waals surface area (Å²) in [7, 11) is 0. The molecule has 0 aliphatic heterocycles. The molecule has 2 heterocycles. The molecule has 0 aliphatic rings. The van der Waals surface area contributed by atoms with Crippen molar-refractivity contribution in [1.82, 2.24) is 9.38 Å². The van der Waals surface area contributed by atoms with Gasteiger partial charge in [-0.1, -0.05) is 12.1 Å². The zero-order valence-electron chi connectivity index (χ0n) is 11.4. The van der Waals surface area contributed by atoms with E-state index in [9.17, 15) is 4.79 Å². The summed E-state index contributed by atoms with van der Waals surface area (Å²) in [4.78, 5) is 15.9. The summed E-state index contributed by atoms with van der Waals surface area (Å²) in [6.07, 6.45) is 3.88. The Kier molecular flexibility index (Phi) is 3.92. The Hall–Kier alpha value is -1.89. The number of esters is 1. The number of imidazole rings is 1. The van der Waals surface area contributed by atoms with E-state index in [0.29, 0.717) is 12.2 Å². The van der Waals surface area contributed by atoms with Crippen LogP contribution in [0.2, 0.25) is 0 Å². The molecule has 0 fully saturated rings. The minimum atomic E-state index is -0.288. The molecule has 5 heteroatoms. The van der Waals surface area contributed by atoms with Crippen molar-refractivity contribution in [1.29, 1.82) is 0 Å². The maximum Gasteiger partial charge on any atom is 0.338 e. The molecule has 0 N–H and O–H groups in total. The highest BCUT2D eigenvalue weighted by atomic mass is 127. The van der Waals surface area contributed by atoms with Crippen LogP contribution in [0.1, 0.15) is 17.3 Å². The fraction of sp³-hybridized carbons (Fsp3) is 0.125. The highest BCUT2D eigenvalue weighted by Gasteiger charge is 2.07. The van der Waals surface area contributed by atoms with Crippen LogP contribution in [0.4, 0.5) is 0 Å². The van der Waals surface area contributed by atoms with Gasteiger partial charge in [-0.3, -0.25) is 4.40 Å². The summed E-state index contributed by atoms with van der Waals surface area (Å²) in [5, 5.41) is 0. The Morgan fingerprint density at radius 3 is 2.62 bits per heavy atom. The molecule has 0 saturated carbocycles. The lowest BCUT2D eigenvalue weighted by Crippen LogP contribution is -2.04. The first-order chi connectivity index (χ1) is 10.2. The Bertz CT molecular complexity index is 794. The summed E-state index contributed by atoms with van der Waals surface area (Å²) in [5.41, 5.74) is 3.62. The smallest absolute Gasteiger partial charge is 0.338 e. The summed E-state index contributed by atoms with van der Waals surface area (Å²) in [5.74, 6) is -0.288. The molecule has 106 valence electrons. The van der Waals surface area contributed by atoms with E-state index >= 15 is 0 Å². The van der Waals surface area contributed by atoms with Gasteiger partial charge in [-0.15, -0.1) is 0 Å². The molecule has 2 aromatic heterocycles. The van der Waals surface area contributed by atoms with E-state index in [2.05, 4.69) is 27.6 Å². The number of carbonyl (C=O) groups excluding carboxylic acids is 1. The van der Waals surface area contributed by atoms with Crippen LogP contribution in [-0.2, 0) is 4.74 Å². The second kappa shape index (κ2) is 5.85. The molecule has 0 atom stereocenters. The Balaban J connectivity index is 1.95. The van der Waals surface area contributed by atoms with E-state index in [0.717, 1.165) is 20.5 Å². The third-order valence-electron chi connectivity index (χ3n) is 3.19. The lowest BCUT2D eigenvalue weighted by atomic mass is 10.1. The lowest BCUT2D eigenvalue weighted by Gasteiger charge is -2.05. The highest BCUT2D eigenvalue weighted by Crippen LogP contribution is 2.22. The maximum absolute atomic E-state index is 11.6. The second-order valence-electron chi connectivity index (χ2n) is 4.52. The number of hydrogen-bond acceptors (Lipinski definition) is 3. The molecule has 3 rings (SSSR count). The molecule has 0 amide bonds. The first-order valence-corrected chi connectivity index (χ1v) is 7.67. The molecule has 21 heavy (non-hydrogen) atoms. The van der Waals surface area contributed by atoms with Gasteiger partial charge in [0.1, 0.15) is 9.35 Å². The van der Waals surface area contributed by atoms with Crippen LogP contribution in [0.15, 0.2) is 48.8 Å². The topological polar surface area (TPSA) is 43.6 Å². The van der Waals surface area contributed by atoms with Gasteiger partial charge in [-0.2, -0.15) is 0 Å². The van der Waals surface area contributed by atoms with Gasteiger partial charge >= 0.3 is 5.97 Å². The third kappa shape index (κ3) is 2.78. The van der Waals surface area contributed by atoms with E-state index in [4.69, 9.17) is 4.74 Å². The third-order valence-corrected chi connectivity index (χ3v) is 3.99. The molecule has 0 bridgehead atoms. The zero-order valence-corrected chi connectivity index (χ0v) is 13.6. The number of hydrogen-bond donors (Lipinski definition) is 0. The van der Waals surface area contributed by atoms with Crippen molar-refractivity contribution in [2.24, 2.45) is 0 Å². The van der Waals surface area contributed by atoms with Crippen LogP contribution in [0.3, 0.4) is 0 Å². The minimum absolute atomic E-state index is 0.288. The fourth-order valence-corrected chi connectivity index (χ4v) is 2.66. The highest BCUT2D eigenvalue weighted by molar-refractivity contribution is 14.1. The van der Waals surface area contributed by atoms with Crippen molar-refractivity contribution >= 4 is 34.2 Å². The first-order valence-electron chi connectivity index (χ1n) is 6.59. The van der Waals surface area contributed by atoms with Crippen molar-refractivity contribution < 1.29 is 9.53 Å². The van der Waals surface area contributed by atoms with Crippen LogP contribution in [0.5, 0.6) is 0 Å². The summed E-state index contributed by atoms with van der Waals surface area (Å²) in [6.45, 7) is 2.19. The SMILES string of the molecule is CCOC(=O)c1ccc(-c2ccc3ncc(I)n3c2)cc1. The molecule has 0 saturated heterocycles. The van der Waals surface area contributed by atoms with Crippen molar-refractivity contribution in [2.75, 3.05) is 6.61 Å². The van der Waals surface area contributed by atoms with Crippen molar-refractivity contribution in [3.05, 3.63) is 58.1 Å². The largest absolute Gasteiger partial charge is 0.462 e. The molecule has 0 aliphatic carbocycles. The number of halogens is 1. The van der Waals surface area contributed by atoms with Crippen LogP contribution in [0.25, 0.3) is 16.8 Å². The molecular formula is C16H13IN2O2. The minimum Gasteiger partial charge on any atom is -0.462 e. The summed E-state index contributed by atoms with van der Waals surface area (Å²) < 4.78 is 8.08. The Labute approximate surface area is 135 Å². The standard InChI is InChI=1S/C16H13IN2O2/c1-2-21-16(20)12-5-3-11(4-6-12)13-7-8-15-18-9-14(17)19(15)10-13/h3-10H,2H2,1H3. The Morgan fingerprint density at radius 1 is 1.19 bits per heavy atom. The molecule has 3 aromatic rings. The van der Waals surface area contributed by atoms with Gasteiger partial charge in [0.25, 0.3) is 0 Å². The van der Waals surface area contributed by atoms with Crippen molar-refractivity contribution in [3.8, 4) is 11.1 Å². The van der Waals surface area contributed by atoms with E-state index in [1.54, 1.807) is 19.1 Å². The van der Waals surface area contributed by atoms with Gasteiger partial charge < -0.3 is 4.74 Å². The number of pyridine rings is 1. The molecule has 0 radical (unpaired) electrons. The summed E-state index contributed by atoms with van der Waals surface area (Å²) >= 11 is 2.25. The van der Waals surface area contributed by atoms with E-state index < -0.39 is 0 Å². The zero-order chi connectivity index (χ0) is 14.8. The number of fused-ring (bicyclic) bond motifs is 1. The van der Waals surface area contributed by atoms with E-state index in [1.807, 2.05) is 41.1 Å². The van der Waals surface area contributed by atoms with Gasteiger partial charge in [0.05, 0.1) is 18.4 Å². The van der Waals surface area contributed by atoms with Crippen LogP contribution >= 0.6 is 22.6 Å². The fourth-order valence-electron chi connectivity index (χ4n) is 2.13. The quantitative estimate of drug-likeness (QED) is 0.504. The van der Waals surface area contributed by atoms with E-state index in [1.165, 1.54) is 0 Å². The lowest BCUT2D eigenvalue weighted by molar-refractivity contribution is 0.0526. The number of aromatic nitrogens is 2. The van der Waals surface area contributed by atoms with E-state index in [-0.39, 0.29) is 5.97 Å². The van der Waals surface area contributed by atoms with Crippen LogP contribution in [0, 0.1) is 3.70 Å². The average molecular weight is 392 g/mol. The van der Waals surface area contributed by atoms with Gasteiger partial charge in [0.2, 0.25) is 0 Å². The predicted molar refractivity (Wildman–Crippen MR) is 89.3 cm³/mol. The number of nitrogens with zero attached hydrogens (tertiary/aromatic N) is 2. The number of carbonyl (C=O) groups is 1. The molecule has 1 aromatic carbocycles. The molecule has 0 spiro atoms. The predicted octanol–water partition coefficient (Wildman–Crippen LogP) is 3.78. The summed E-state index contributed by atoms with van der Waals surface area (Å²) in [6, 6.07) is 11.4. The Morgan fingerprint density at radius 2 is 1.90 bits per heavy atom. The molecular weight excluding hydrogens is 379 g/mol. The average Bonchev–Trinajstić information content (AvgIpc) is 2.89. The second-order valence-corrected chi connectivity index (χ2v) is 5.63. The first kappa shape index (κ1) is 14.1. The number of benzene rings is 1. The van der Waals surface area contributed by atoms with Gasteiger partial charge in [-0.05, 0) is 64.9 Å². The maximum atomic E-state index is 11.6. The number of rotatable bonds is 3. The number of ether oxygens (including phenoxy) is 1. The van der Waals surface area contributed by atoms with Crippen molar-refractivity contribution in [3.63, 3.8) is 0 Å². The van der Waals surface area contributed by atoms with Crippen molar-refractivity contribution in [2.45, 2.75) is 6.92 Å². The monoisotopic (exact) mass is 392 g/mol. The van der Waals surface area contributed by atoms with Gasteiger partial charge in [0.15, 0.2) is 0 Å². The van der Waals surface area contributed by atoms with Gasteiger partial charge in [-0.25, -0.2) is 9.78 Å². The normalized spacial score (nSPS) is 10.8.